The summed E-state index contributed by atoms with van der Waals surface area (Å²) in [5.41, 5.74) is 0. The normalized spacial score (nSPS) is 10.9. The van der Waals surface area contributed by atoms with E-state index >= 15 is 0 Å². The van der Waals surface area contributed by atoms with E-state index in [1.54, 1.807) is 0 Å². The first-order valence-corrected chi connectivity index (χ1v) is 7.41. The van der Waals surface area contributed by atoms with E-state index in [9.17, 15) is 0 Å². The predicted molar refractivity (Wildman–Crippen MR) is 0 cm³/mol. The van der Waals surface area contributed by atoms with E-state index in [2.05, 4.69) is 0 Å². The van der Waals surface area contributed by atoms with Crippen molar-refractivity contribution in [1.29, 1.82) is 0 Å². The van der Waals surface area contributed by atoms with E-state index in [1.807, 2.05) is 0 Å². The second-order valence-electron chi connectivity index (χ2n) is 1.51. The molecule has 144 valence electrons. The quantitative estimate of drug-likeness (QED) is 0.270. The Morgan fingerprint density at radius 1 is 0.227 bits per heavy atom. The number of rotatable bonds is 0. The molecule has 0 aliphatic heterocycles. The smallest absolute Gasteiger partial charge is 0.222 e. The molecular weight excluding hydrogens is 515 g/mol. The van der Waals surface area contributed by atoms with Crippen LogP contribution in [0.2, 0.25) is 0 Å². The maximum atomic E-state index is 8.49. The van der Waals surface area contributed by atoms with Gasteiger partial charge in [-0.15, -0.1) is 41.0 Å². The van der Waals surface area contributed by atoms with Gasteiger partial charge in [0.15, 0.2) is 0 Å². The summed E-state index contributed by atoms with van der Waals surface area (Å²) in [6.45, 7) is 0. The van der Waals surface area contributed by atoms with Gasteiger partial charge in [-0.3, -0.25) is 0 Å². The summed E-state index contributed by atoms with van der Waals surface area (Å²) < 4.78 is 136. The third kappa shape index (κ3) is 3980. The molecule has 0 aliphatic carbocycles. The van der Waals surface area contributed by atoms with Gasteiger partial charge in [0, 0.05) is 0 Å². The van der Waals surface area contributed by atoms with Crippen LogP contribution in [0, 0.1) is 41.0 Å². The molecule has 0 rings (SSSR count). The number of halogens is 4. The Hall–Kier alpha value is 1.51. The SMILES string of the molecule is [Ni+2].[Ni+2].[O-][Cl+3]([O-])([O-])[O-].[O-][Cl+3]([O-])([O-])[O-].[O-][Cl+3]([O-])([O-])[O-].[O-][Cl+3]([O-])([O-])[O-]. The van der Waals surface area contributed by atoms with Crippen molar-refractivity contribution in [3.8, 4) is 0 Å². The predicted octanol–water partition coefficient (Wildman–Crippen LogP) is -19.0. The Morgan fingerprint density at radius 3 is 0.227 bits per heavy atom. The molecule has 0 saturated carbocycles. The molecule has 0 spiro atoms. The van der Waals surface area contributed by atoms with Gasteiger partial charge in [-0.2, -0.15) is 0 Å². The second-order valence-corrected chi connectivity index (χ2v) is 4.54. The summed E-state index contributed by atoms with van der Waals surface area (Å²) in [4.78, 5) is 0. The van der Waals surface area contributed by atoms with E-state index in [0.717, 1.165) is 0 Å². The molecule has 0 aromatic rings. The summed E-state index contributed by atoms with van der Waals surface area (Å²) in [5, 5.41) is 0. The molecule has 0 unspecified atom stereocenters. The maximum absolute atomic E-state index is 8.49. The van der Waals surface area contributed by atoms with Crippen LogP contribution in [-0.2, 0) is 33.0 Å². The van der Waals surface area contributed by atoms with Crippen LogP contribution in [0.5, 0.6) is 0 Å². The first-order valence-electron chi connectivity index (χ1n) is 2.47. The van der Waals surface area contributed by atoms with Crippen molar-refractivity contribution in [1.82, 2.24) is 0 Å². The maximum Gasteiger partial charge on any atom is 2.00 e. The minimum Gasteiger partial charge on any atom is -0.222 e. The van der Waals surface area contributed by atoms with Crippen molar-refractivity contribution in [2.45, 2.75) is 0 Å². The molecule has 16 nitrogen and oxygen atoms in total. The zero-order valence-electron chi connectivity index (χ0n) is 8.68. The molecule has 0 aliphatic rings. The Labute approximate surface area is 148 Å². The van der Waals surface area contributed by atoms with Crippen molar-refractivity contribution in [2.75, 3.05) is 0 Å². The molecule has 0 atom stereocenters. The van der Waals surface area contributed by atoms with E-state index in [-0.39, 0.29) is 33.0 Å². The van der Waals surface area contributed by atoms with Crippen LogP contribution in [-0.4, -0.2) is 0 Å². The standard InChI is InChI=1S/4ClHO4.2Ni/c4*2-1(3,4)5;;/h4*(H,2,3,4,5);;/q;;;;2*+2/p-4. The van der Waals surface area contributed by atoms with Crippen LogP contribution >= 0.6 is 0 Å². The third-order valence-electron chi connectivity index (χ3n) is 0. The molecule has 0 amide bonds. The molecule has 0 N–H and O–H groups in total. The van der Waals surface area contributed by atoms with Gasteiger partial charge in [-0.05, 0) is 0 Å². The molecule has 0 fully saturated rings. The van der Waals surface area contributed by atoms with E-state index in [4.69, 9.17) is 74.5 Å². The Morgan fingerprint density at radius 2 is 0.227 bits per heavy atom. The van der Waals surface area contributed by atoms with Crippen LogP contribution in [0.15, 0.2) is 0 Å². The van der Waals surface area contributed by atoms with Gasteiger partial charge in [-0.25, -0.2) is 74.5 Å². The molecular formula is Cl4Ni2O16. The third-order valence-corrected chi connectivity index (χ3v) is 0. The average Bonchev–Trinajstić information content (AvgIpc) is 1.62. The molecule has 0 radical (unpaired) electrons. The van der Waals surface area contributed by atoms with Gasteiger partial charge in [0.05, 0.1) is 0 Å². The summed E-state index contributed by atoms with van der Waals surface area (Å²) in [7, 11) is -19.8. The fourth-order valence-electron chi connectivity index (χ4n) is 0. The Kier molecular flexibility index (Phi) is 28.3. The molecule has 0 heterocycles. The largest absolute Gasteiger partial charge is 2.00 e. The van der Waals surface area contributed by atoms with Crippen molar-refractivity contribution >= 4 is 0 Å². The summed E-state index contributed by atoms with van der Waals surface area (Å²) in [5.74, 6) is 0. The van der Waals surface area contributed by atoms with Gasteiger partial charge < -0.3 is 0 Å². The van der Waals surface area contributed by atoms with Crippen molar-refractivity contribution in [2.24, 2.45) is 0 Å². The molecule has 0 aromatic heterocycles. The van der Waals surface area contributed by atoms with E-state index < -0.39 is 41.0 Å². The minimum atomic E-state index is -4.94. The molecule has 22 heavy (non-hydrogen) atoms. The van der Waals surface area contributed by atoms with Crippen LogP contribution < -0.4 is 74.5 Å². The van der Waals surface area contributed by atoms with Crippen molar-refractivity contribution in [3.05, 3.63) is 0 Å². The molecule has 0 aromatic carbocycles. The molecule has 22 heteroatoms. The Bertz CT molecular complexity index is 134. The minimum absolute atomic E-state index is 0. The number of hydrogen-bond acceptors (Lipinski definition) is 16. The van der Waals surface area contributed by atoms with Crippen molar-refractivity contribution < 1.29 is 148 Å². The summed E-state index contributed by atoms with van der Waals surface area (Å²) >= 11 is 0. The fraction of sp³-hybridized carbons (Fsp3) is 0. The Balaban J connectivity index is -0.0000000376. The summed E-state index contributed by atoms with van der Waals surface area (Å²) in [6.07, 6.45) is 0. The van der Waals surface area contributed by atoms with Crippen LogP contribution in [0.25, 0.3) is 0 Å². The van der Waals surface area contributed by atoms with Crippen LogP contribution in [0.4, 0.5) is 0 Å². The monoisotopic (exact) mass is 512 g/mol. The van der Waals surface area contributed by atoms with Crippen LogP contribution in [0.1, 0.15) is 0 Å². The number of hydrogen-bond donors (Lipinski definition) is 0. The van der Waals surface area contributed by atoms with Crippen LogP contribution in [0.3, 0.4) is 0 Å². The van der Waals surface area contributed by atoms with Crippen molar-refractivity contribution in [3.63, 3.8) is 0 Å². The van der Waals surface area contributed by atoms with Gasteiger partial charge in [-0.1, -0.05) is 0 Å². The average molecular weight is 515 g/mol. The van der Waals surface area contributed by atoms with E-state index in [0.29, 0.717) is 0 Å². The van der Waals surface area contributed by atoms with Gasteiger partial charge in [0.25, 0.3) is 0 Å². The zero-order chi connectivity index (χ0) is 18.0. The summed E-state index contributed by atoms with van der Waals surface area (Å²) in [6, 6.07) is 0. The van der Waals surface area contributed by atoms with E-state index in [1.165, 1.54) is 0 Å². The van der Waals surface area contributed by atoms with Gasteiger partial charge in [0.2, 0.25) is 0 Å². The van der Waals surface area contributed by atoms with Gasteiger partial charge in [0.1, 0.15) is 0 Å². The first-order chi connectivity index (χ1) is 8.00. The first kappa shape index (κ1) is 38.9. The molecule has 0 saturated heterocycles. The second kappa shape index (κ2) is 16.0. The fourth-order valence-corrected chi connectivity index (χ4v) is 0. The molecule has 0 bridgehead atoms. The van der Waals surface area contributed by atoms with Gasteiger partial charge >= 0.3 is 33.0 Å². The zero-order valence-corrected chi connectivity index (χ0v) is 13.7. The topological polar surface area (TPSA) is 369 Å².